The molecule has 0 aromatic rings. The van der Waals surface area contributed by atoms with Crippen LogP contribution in [0.3, 0.4) is 0 Å². The summed E-state index contributed by atoms with van der Waals surface area (Å²) in [6, 6.07) is 0. The Morgan fingerprint density at radius 1 is 0.171 bits per heavy atom. The van der Waals surface area contributed by atoms with Crippen molar-refractivity contribution < 1.29 is 20.4 Å². The molecule has 14 atom stereocenters. The summed E-state index contributed by atoms with van der Waals surface area (Å²) in [7, 11) is 0. The Kier molecular flexibility index (Phi) is 70.1. The van der Waals surface area contributed by atoms with Crippen LogP contribution >= 0.6 is 0 Å². The molecule has 7 unspecified atom stereocenters. The molecular formula is C113H236O4. The molecule has 4 N–H and O–H groups in total. The lowest BCUT2D eigenvalue weighted by atomic mass is 9.69. The Hall–Kier alpha value is -0.160. The van der Waals surface area contributed by atoms with Crippen LogP contribution in [-0.4, -0.2) is 44.8 Å². The molecule has 4 nitrogen and oxygen atoms in total. The number of aliphatic hydroxyl groups excluding tert-OH is 4. The minimum absolute atomic E-state index is 0. The van der Waals surface area contributed by atoms with E-state index < -0.39 is 0 Å². The van der Waals surface area contributed by atoms with Crippen molar-refractivity contribution in [2.75, 3.05) is 0 Å². The van der Waals surface area contributed by atoms with Crippen molar-refractivity contribution in [1.82, 2.24) is 0 Å². The van der Waals surface area contributed by atoms with Crippen LogP contribution in [0.4, 0.5) is 0 Å². The van der Waals surface area contributed by atoms with Crippen LogP contribution in [0.5, 0.6) is 0 Å². The summed E-state index contributed by atoms with van der Waals surface area (Å²) in [5.74, 6) is 17.9. The van der Waals surface area contributed by atoms with Crippen molar-refractivity contribution in [3.8, 4) is 0 Å². The van der Waals surface area contributed by atoms with Crippen molar-refractivity contribution in [3.63, 3.8) is 0 Å². The molecule has 712 valence electrons. The Bertz CT molecular complexity index is 2000. The van der Waals surface area contributed by atoms with Gasteiger partial charge < -0.3 is 20.4 Å². The van der Waals surface area contributed by atoms with E-state index in [0.29, 0.717) is 61.6 Å². The average Bonchev–Trinajstić information content (AvgIpc) is 1.82. The van der Waals surface area contributed by atoms with Gasteiger partial charge in [0.2, 0.25) is 0 Å². The van der Waals surface area contributed by atoms with Crippen molar-refractivity contribution in [1.29, 1.82) is 0 Å². The smallest absolute Gasteiger partial charge is 0.0573 e. The third-order valence-electron chi connectivity index (χ3n) is 30.4. The molecule has 0 radical (unpaired) electrons. The highest BCUT2D eigenvalue weighted by Crippen LogP contribution is 2.46. The van der Waals surface area contributed by atoms with Gasteiger partial charge in [0, 0.05) is 0 Å². The highest BCUT2D eigenvalue weighted by Gasteiger charge is 2.38. The summed E-state index contributed by atoms with van der Waals surface area (Å²) < 4.78 is 0. The van der Waals surface area contributed by atoms with Crippen LogP contribution in [0.1, 0.15) is 549 Å². The van der Waals surface area contributed by atoms with Gasteiger partial charge >= 0.3 is 0 Å². The molecule has 0 spiro atoms. The van der Waals surface area contributed by atoms with Gasteiger partial charge in [0.05, 0.1) is 24.4 Å². The predicted octanol–water partition coefficient (Wildman–Crippen LogP) is 37.3. The molecule has 0 aromatic heterocycles. The monoisotopic (exact) mass is 1660 g/mol. The molecule has 11 rings (SSSR count). The van der Waals surface area contributed by atoms with E-state index in [9.17, 15) is 20.4 Å². The predicted molar refractivity (Wildman–Crippen MR) is 536 cm³/mol. The van der Waals surface area contributed by atoms with Crippen LogP contribution in [0, 0.1) is 156 Å². The summed E-state index contributed by atoms with van der Waals surface area (Å²) in [5, 5.41) is 38.2. The molecule has 117 heavy (non-hydrogen) atoms. The van der Waals surface area contributed by atoms with Crippen molar-refractivity contribution in [2.45, 2.75) is 573 Å². The third-order valence-corrected chi connectivity index (χ3v) is 30.4. The van der Waals surface area contributed by atoms with E-state index in [1.54, 1.807) is 0 Å². The molecule has 0 aliphatic heterocycles. The molecule has 0 amide bonds. The molecule has 0 bridgehead atoms. The van der Waals surface area contributed by atoms with Crippen LogP contribution in [0.2, 0.25) is 0 Å². The van der Waals surface area contributed by atoms with E-state index in [0.717, 1.165) is 127 Å². The molecule has 11 aliphatic rings. The lowest BCUT2D eigenvalue weighted by Gasteiger charge is -2.38. The minimum Gasteiger partial charge on any atom is -0.393 e. The quantitative estimate of drug-likeness (QED) is 0.195. The lowest BCUT2D eigenvalue weighted by molar-refractivity contribution is 0.0105. The van der Waals surface area contributed by atoms with Gasteiger partial charge in [0.1, 0.15) is 0 Å². The topological polar surface area (TPSA) is 80.9 Å². The molecule has 0 aromatic carbocycles. The normalized spacial score (nSPS) is 34.2. The number of aliphatic hydroxyl groups is 4. The molecule has 0 heterocycles. The minimum atomic E-state index is -0.0424. The molecule has 11 saturated carbocycles. The van der Waals surface area contributed by atoms with Gasteiger partial charge in [0.25, 0.3) is 0 Å². The van der Waals surface area contributed by atoms with Crippen molar-refractivity contribution in [2.24, 2.45) is 156 Å². The van der Waals surface area contributed by atoms with E-state index in [2.05, 4.69) is 235 Å². The summed E-state index contributed by atoms with van der Waals surface area (Å²) in [5.41, 5.74) is 3.16. The van der Waals surface area contributed by atoms with E-state index in [-0.39, 0.29) is 31.8 Å². The summed E-state index contributed by atoms with van der Waals surface area (Å²) in [4.78, 5) is 0. The highest BCUT2D eigenvalue weighted by molar-refractivity contribution is 4.89. The first kappa shape index (κ1) is 125. The lowest BCUT2D eigenvalue weighted by Crippen LogP contribution is -2.34. The largest absolute Gasteiger partial charge is 0.393 e. The first-order valence-electron chi connectivity index (χ1n) is 52.2. The fourth-order valence-corrected chi connectivity index (χ4v) is 20.2. The van der Waals surface area contributed by atoms with Gasteiger partial charge in [-0.25, -0.2) is 0 Å². The Morgan fingerprint density at radius 2 is 0.402 bits per heavy atom. The van der Waals surface area contributed by atoms with Crippen molar-refractivity contribution in [3.05, 3.63) is 0 Å². The fraction of sp³-hybridized carbons (Fsp3) is 1.00. The fourth-order valence-electron chi connectivity index (χ4n) is 20.2. The second-order valence-electron chi connectivity index (χ2n) is 49.0. The zero-order chi connectivity index (χ0) is 90.9. The Balaban J connectivity index is -0.000000390. The average molecular weight is 1660 g/mol. The van der Waals surface area contributed by atoms with Crippen LogP contribution in [0.25, 0.3) is 0 Å². The third kappa shape index (κ3) is 61.8. The molecule has 0 saturated heterocycles. The van der Waals surface area contributed by atoms with Gasteiger partial charge in [-0.3, -0.25) is 0 Å². The van der Waals surface area contributed by atoms with E-state index >= 15 is 0 Å². The maximum Gasteiger partial charge on any atom is 0.0573 e. The summed E-state index contributed by atoms with van der Waals surface area (Å²) in [6.45, 7) is 95.0. The van der Waals surface area contributed by atoms with Crippen molar-refractivity contribution >= 4 is 0 Å². The standard InChI is InChI=1S/C11H22O.2C11H22.3C10H20O.C10H20.3C8H16.C7H14.4C2H6.CH4/c1-8-7-9(11(2,3)4)5-6-10(8)12;2*1-9-5-7-10(8-6-9)11(2,3)4;1-7-5-8(6-9(7)11)10(2,3)4;1-10(2,3)8-5-4-6-9(11)7-8;1-10(2,3)8-6-4-5-7-9(8)11;1-8-5-6-9(7-8)10(2,3)4;3*1-7-3-5-8(2)6-4-7;1-6-3-4-7(2)5-6;4*1-2;/h8-10,12H,5-7H2,1-4H3;2*9-10H,5-8H2,1-4H3;7-9,11H,5-6H2,1-4H3;2*8-9,11H,4-7H2,1-3H3;8-9H,5-7H2,1-4H3;3*7-8H,3-6H2,1-2H3;6-7H,3-5H2,1-2H3;4*1-2H3;1H4/t8-,9?,10+;;;7-,8?,9+;;;8-,9?;;;;6-,7-;;;;;/m1..0..0...1...../s1. The van der Waals surface area contributed by atoms with E-state index in [1.807, 2.05) is 55.4 Å². The second-order valence-corrected chi connectivity index (χ2v) is 49.0. The molecule has 11 aliphatic carbocycles. The number of hydrogen-bond acceptors (Lipinski definition) is 4. The zero-order valence-electron chi connectivity index (χ0n) is 88.7. The van der Waals surface area contributed by atoms with Crippen LogP contribution < -0.4 is 0 Å². The van der Waals surface area contributed by atoms with Crippen LogP contribution in [0.15, 0.2) is 0 Å². The van der Waals surface area contributed by atoms with Gasteiger partial charge in [-0.1, -0.05) is 439 Å². The molecular weight excluding hydrogens is 1420 g/mol. The van der Waals surface area contributed by atoms with Gasteiger partial charge in [0.15, 0.2) is 0 Å². The number of hydrogen-bond donors (Lipinski definition) is 4. The van der Waals surface area contributed by atoms with E-state index in [4.69, 9.17) is 0 Å². The van der Waals surface area contributed by atoms with Gasteiger partial charge in [-0.05, 0) is 265 Å². The zero-order valence-corrected chi connectivity index (χ0v) is 88.7. The highest BCUT2D eigenvalue weighted by atomic mass is 16.3. The number of rotatable bonds is 0. The first-order chi connectivity index (χ1) is 53.5. The van der Waals surface area contributed by atoms with Crippen LogP contribution in [-0.2, 0) is 0 Å². The molecule has 4 heteroatoms. The maximum absolute atomic E-state index is 9.70. The maximum atomic E-state index is 9.70. The Labute approximate surface area is 745 Å². The SMILES string of the molecule is C.CC.CC.CC.CC.CC(C)(C)C1CCCC(O)C1.CC(C)(C)C1CCCCC1O.CC1CCC(C(C)(C)C)CC1.CC1CCC(C(C)(C)C)CC1.CC1CCC(C)CC1.CC1CCC(C)CC1.CC1CCC(C)CC1.C[C@@H]1CC(C(C)(C)C)CC[C@@H]1O.C[C@@H]1CC[C@@H](C)C1.C[C@H]1CC(C(C)(C)C)C[C@H]1O.C[C@H]1CCC(C(C)(C)C)C1. The second kappa shape index (κ2) is 65.4. The molecule has 11 fully saturated rings. The summed E-state index contributed by atoms with van der Waals surface area (Å²) >= 11 is 0. The van der Waals surface area contributed by atoms with E-state index in [1.165, 1.54) is 218 Å². The summed E-state index contributed by atoms with van der Waals surface area (Å²) in [6.07, 6.45) is 53.0. The van der Waals surface area contributed by atoms with Gasteiger partial charge in [-0.15, -0.1) is 0 Å². The first-order valence-corrected chi connectivity index (χ1v) is 52.2. The van der Waals surface area contributed by atoms with Gasteiger partial charge in [-0.2, -0.15) is 0 Å². The Morgan fingerprint density at radius 3 is 0.598 bits per heavy atom.